The molecule has 0 bridgehead atoms. The highest BCUT2D eigenvalue weighted by Gasteiger charge is 2.38. The van der Waals surface area contributed by atoms with Crippen LogP contribution < -0.4 is 5.32 Å². The molecule has 1 N–H and O–H groups in total. The van der Waals surface area contributed by atoms with Gasteiger partial charge >= 0.3 is 11.9 Å². The molecular weight excluding hydrogens is 366 g/mol. The standard InChI is InChI=1S/C20H19NO5S/c1-25-19(23)13-9-10-14-16(13)17(20(24)26-2)18(27-14)21-15(22)11-8-12-6-4-3-5-7-12/h3-8,11,13H,9-10H2,1-2H3,(H,21,22). The summed E-state index contributed by atoms with van der Waals surface area (Å²) in [4.78, 5) is 37.6. The molecule has 1 aliphatic carbocycles. The number of carbonyl (C=O) groups is 3. The zero-order valence-corrected chi connectivity index (χ0v) is 15.8. The van der Waals surface area contributed by atoms with Gasteiger partial charge in [0.2, 0.25) is 5.91 Å². The summed E-state index contributed by atoms with van der Waals surface area (Å²) in [5.74, 6) is -1.84. The van der Waals surface area contributed by atoms with Gasteiger partial charge in [-0.05, 0) is 30.0 Å². The summed E-state index contributed by atoms with van der Waals surface area (Å²) in [5.41, 5.74) is 1.74. The summed E-state index contributed by atoms with van der Waals surface area (Å²) in [7, 11) is 2.59. The zero-order chi connectivity index (χ0) is 19.4. The third-order valence-electron chi connectivity index (χ3n) is 4.37. The van der Waals surface area contributed by atoms with Crippen LogP contribution in [0.3, 0.4) is 0 Å². The van der Waals surface area contributed by atoms with Crippen molar-refractivity contribution in [1.82, 2.24) is 0 Å². The number of thiophene rings is 1. The number of rotatable bonds is 5. The molecule has 1 heterocycles. The summed E-state index contributed by atoms with van der Waals surface area (Å²) < 4.78 is 9.73. The Kier molecular flexibility index (Phi) is 5.71. The second-order valence-electron chi connectivity index (χ2n) is 5.98. The molecule has 1 aromatic heterocycles. The molecule has 1 aliphatic rings. The number of anilines is 1. The second kappa shape index (κ2) is 8.18. The Bertz CT molecular complexity index is 901. The number of esters is 2. The summed E-state index contributed by atoms with van der Waals surface area (Å²) in [6.07, 6.45) is 4.32. The smallest absolute Gasteiger partial charge is 0.341 e. The molecule has 0 radical (unpaired) electrons. The van der Waals surface area contributed by atoms with Gasteiger partial charge in [-0.15, -0.1) is 11.3 Å². The number of fused-ring (bicyclic) bond motifs is 1. The largest absolute Gasteiger partial charge is 0.469 e. The number of benzene rings is 1. The van der Waals surface area contributed by atoms with Crippen LogP contribution in [0.1, 0.15) is 38.7 Å². The minimum atomic E-state index is -0.578. The average molecular weight is 385 g/mol. The maximum atomic E-state index is 12.3. The van der Waals surface area contributed by atoms with E-state index in [1.807, 2.05) is 30.3 Å². The molecule has 3 rings (SSSR count). The van der Waals surface area contributed by atoms with Crippen molar-refractivity contribution in [3.05, 3.63) is 58.0 Å². The van der Waals surface area contributed by atoms with Crippen molar-refractivity contribution < 1.29 is 23.9 Å². The Morgan fingerprint density at radius 3 is 2.56 bits per heavy atom. The summed E-state index contributed by atoms with van der Waals surface area (Å²) in [6.45, 7) is 0. The lowest BCUT2D eigenvalue weighted by molar-refractivity contribution is -0.142. The second-order valence-corrected chi connectivity index (χ2v) is 7.09. The maximum absolute atomic E-state index is 12.3. The van der Waals surface area contributed by atoms with Gasteiger partial charge in [0.05, 0.1) is 25.7 Å². The Labute approximate surface area is 160 Å². The molecule has 7 heteroatoms. The first-order valence-corrected chi connectivity index (χ1v) is 9.22. The van der Waals surface area contributed by atoms with E-state index in [9.17, 15) is 14.4 Å². The van der Waals surface area contributed by atoms with Gasteiger partial charge in [-0.2, -0.15) is 0 Å². The van der Waals surface area contributed by atoms with Crippen LogP contribution in [0.15, 0.2) is 36.4 Å². The van der Waals surface area contributed by atoms with Crippen molar-refractivity contribution in [2.75, 3.05) is 19.5 Å². The number of ether oxygens (including phenoxy) is 2. The van der Waals surface area contributed by atoms with Crippen molar-refractivity contribution in [3.63, 3.8) is 0 Å². The van der Waals surface area contributed by atoms with Crippen LogP contribution in [0.5, 0.6) is 0 Å². The van der Waals surface area contributed by atoms with Gasteiger partial charge in [-0.3, -0.25) is 9.59 Å². The molecule has 0 saturated heterocycles. The highest BCUT2D eigenvalue weighted by Crippen LogP contribution is 2.45. The van der Waals surface area contributed by atoms with Crippen LogP contribution in [0.25, 0.3) is 6.08 Å². The van der Waals surface area contributed by atoms with E-state index >= 15 is 0 Å². The van der Waals surface area contributed by atoms with Gasteiger partial charge < -0.3 is 14.8 Å². The molecule has 0 spiro atoms. The number of hydrogen-bond donors (Lipinski definition) is 1. The molecule has 0 fully saturated rings. The first-order chi connectivity index (χ1) is 13.0. The van der Waals surface area contributed by atoms with Crippen LogP contribution in [0, 0.1) is 0 Å². The zero-order valence-electron chi connectivity index (χ0n) is 15.0. The SMILES string of the molecule is COC(=O)c1c(NC(=O)C=Cc2ccccc2)sc2c1C(C(=O)OC)CC2. The number of methoxy groups -OCH3 is 2. The molecule has 1 atom stereocenters. The van der Waals surface area contributed by atoms with E-state index in [1.165, 1.54) is 31.6 Å². The summed E-state index contributed by atoms with van der Waals surface area (Å²) in [5, 5.41) is 3.13. The normalized spacial score (nSPS) is 15.4. The molecule has 2 aromatic rings. The van der Waals surface area contributed by atoms with Gasteiger partial charge in [0, 0.05) is 11.0 Å². The quantitative estimate of drug-likeness (QED) is 0.630. The predicted octanol–water partition coefficient (Wildman–Crippen LogP) is 3.39. The van der Waals surface area contributed by atoms with E-state index in [1.54, 1.807) is 6.08 Å². The van der Waals surface area contributed by atoms with E-state index in [-0.39, 0.29) is 11.5 Å². The van der Waals surface area contributed by atoms with Gasteiger partial charge in [0.1, 0.15) is 5.00 Å². The number of aryl methyl sites for hydroxylation is 1. The van der Waals surface area contributed by atoms with Crippen molar-refractivity contribution in [3.8, 4) is 0 Å². The van der Waals surface area contributed by atoms with E-state index in [2.05, 4.69) is 5.32 Å². The molecule has 140 valence electrons. The molecule has 1 unspecified atom stereocenters. The van der Waals surface area contributed by atoms with Crippen molar-refractivity contribution in [2.45, 2.75) is 18.8 Å². The van der Waals surface area contributed by atoms with Gasteiger partial charge in [0.15, 0.2) is 0 Å². The van der Waals surface area contributed by atoms with Gasteiger partial charge in [0.25, 0.3) is 0 Å². The summed E-state index contributed by atoms with van der Waals surface area (Å²) >= 11 is 1.30. The first kappa shape index (κ1) is 18.8. The van der Waals surface area contributed by atoms with Crippen LogP contribution in [-0.2, 0) is 25.5 Å². The van der Waals surface area contributed by atoms with Crippen LogP contribution in [0.4, 0.5) is 5.00 Å². The first-order valence-electron chi connectivity index (χ1n) is 8.41. The van der Waals surface area contributed by atoms with Crippen molar-refractivity contribution >= 4 is 40.3 Å². The third kappa shape index (κ3) is 3.93. The molecular formula is C20H19NO5S. The predicted molar refractivity (Wildman–Crippen MR) is 103 cm³/mol. The van der Waals surface area contributed by atoms with Gasteiger partial charge in [-0.1, -0.05) is 30.3 Å². The van der Waals surface area contributed by atoms with Crippen LogP contribution in [-0.4, -0.2) is 32.1 Å². The van der Waals surface area contributed by atoms with E-state index in [4.69, 9.17) is 9.47 Å². The van der Waals surface area contributed by atoms with Crippen LogP contribution >= 0.6 is 11.3 Å². The van der Waals surface area contributed by atoms with Gasteiger partial charge in [-0.25, -0.2) is 4.79 Å². The van der Waals surface area contributed by atoms with E-state index in [0.717, 1.165) is 10.4 Å². The molecule has 1 aromatic carbocycles. The van der Waals surface area contributed by atoms with E-state index < -0.39 is 17.9 Å². The highest BCUT2D eigenvalue weighted by molar-refractivity contribution is 7.17. The van der Waals surface area contributed by atoms with E-state index in [0.29, 0.717) is 23.4 Å². The Morgan fingerprint density at radius 2 is 1.89 bits per heavy atom. The monoisotopic (exact) mass is 385 g/mol. The lowest BCUT2D eigenvalue weighted by Crippen LogP contribution is -2.16. The maximum Gasteiger partial charge on any atom is 0.341 e. The molecule has 6 nitrogen and oxygen atoms in total. The number of amides is 1. The fraction of sp³-hybridized carbons (Fsp3) is 0.250. The van der Waals surface area contributed by atoms with Crippen LogP contribution in [0.2, 0.25) is 0 Å². The minimum Gasteiger partial charge on any atom is -0.469 e. The fourth-order valence-electron chi connectivity index (χ4n) is 3.13. The lowest BCUT2D eigenvalue weighted by atomic mass is 9.99. The Morgan fingerprint density at radius 1 is 1.15 bits per heavy atom. The minimum absolute atomic E-state index is 0.242. The fourth-order valence-corrected chi connectivity index (χ4v) is 4.39. The summed E-state index contributed by atoms with van der Waals surface area (Å²) in [6, 6.07) is 9.41. The Balaban J connectivity index is 1.88. The number of hydrogen-bond acceptors (Lipinski definition) is 6. The van der Waals surface area contributed by atoms with Crippen molar-refractivity contribution in [1.29, 1.82) is 0 Å². The Hall–Kier alpha value is -2.93. The number of carbonyl (C=O) groups excluding carboxylic acids is 3. The molecule has 0 saturated carbocycles. The average Bonchev–Trinajstić information content (AvgIpc) is 3.24. The topological polar surface area (TPSA) is 81.7 Å². The number of nitrogens with one attached hydrogen (secondary N) is 1. The molecule has 27 heavy (non-hydrogen) atoms. The van der Waals surface area contributed by atoms with Crippen molar-refractivity contribution in [2.24, 2.45) is 0 Å². The molecule has 1 amide bonds. The molecule has 0 aliphatic heterocycles. The highest BCUT2D eigenvalue weighted by atomic mass is 32.1. The lowest BCUT2D eigenvalue weighted by Gasteiger charge is -2.11. The third-order valence-corrected chi connectivity index (χ3v) is 5.55.